The molecule has 7 heteroatoms. The van der Waals surface area contributed by atoms with Crippen molar-refractivity contribution in [3.63, 3.8) is 0 Å². The van der Waals surface area contributed by atoms with Gasteiger partial charge in [-0.25, -0.2) is 4.79 Å². The molecular weight excluding hydrogens is 420 g/mol. The van der Waals surface area contributed by atoms with Gasteiger partial charge in [-0.2, -0.15) is 0 Å². The lowest BCUT2D eigenvalue weighted by Gasteiger charge is -2.12. The molecule has 0 unspecified atom stereocenters. The van der Waals surface area contributed by atoms with Gasteiger partial charge in [0.1, 0.15) is 12.4 Å². The molecule has 33 heavy (non-hydrogen) atoms. The number of hydrogen-bond acceptors (Lipinski definition) is 6. The number of carboxylic acids is 1. The molecule has 0 amide bonds. The summed E-state index contributed by atoms with van der Waals surface area (Å²) in [5.74, 6) is -0.444. The van der Waals surface area contributed by atoms with Crippen LogP contribution in [0.1, 0.15) is 31.8 Å². The van der Waals surface area contributed by atoms with E-state index in [1.165, 1.54) is 6.07 Å². The van der Waals surface area contributed by atoms with Crippen LogP contribution in [0.25, 0.3) is 6.08 Å². The first kappa shape index (κ1) is 23.6. The van der Waals surface area contributed by atoms with Crippen LogP contribution in [0, 0.1) is 0 Å². The highest BCUT2D eigenvalue weighted by molar-refractivity contribution is 6.06. The quantitative estimate of drug-likeness (QED) is 0.175. The lowest BCUT2D eigenvalue weighted by atomic mass is 10.0. The van der Waals surface area contributed by atoms with Crippen LogP contribution in [0.3, 0.4) is 0 Å². The van der Waals surface area contributed by atoms with E-state index in [0.717, 1.165) is 5.56 Å². The van der Waals surface area contributed by atoms with Gasteiger partial charge in [0.05, 0.1) is 18.8 Å². The monoisotopic (exact) mass is 446 g/mol. The molecule has 0 atom stereocenters. The normalized spacial score (nSPS) is 10.9. The largest absolute Gasteiger partial charge is 0.491 e. The number of ether oxygens (including phenoxy) is 2. The number of benzene rings is 3. The predicted octanol–water partition coefficient (Wildman–Crippen LogP) is 4.08. The summed E-state index contributed by atoms with van der Waals surface area (Å²) < 4.78 is 11.2. The number of anilines is 2. The van der Waals surface area contributed by atoms with Gasteiger partial charge in [-0.1, -0.05) is 48.5 Å². The van der Waals surface area contributed by atoms with Crippen molar-refractivity contribution < 1.29 is 24.2 Å². The second-order valence-corrected chi connectivity index (χ2v) is 7.28. The molecule has 0 saturated heterocycles. The predicted molar refractivity (Wildman–Crippen MR) is 128 cm³/mol. The number of nitrogens with two attached hydrogens (primary N) is 2. The van der Waals surface area contributed by atoms with E-state index in [1.54, 1.807) is 30.4 Å². The average molecular weight is 447 g/mol. The van der Waals surface area contributed by atoms with Crippen molar-refractivity contribution >= 4 is 29.2 Å². The Hall–Kier alpha value is -4.10. The van der Waals surface area contributed by atoms with Crippen molar-refractivity contribution in [3.05, 3.63) is 95.1 Å². The average Bonchev–Trinajstić information content (AvgIpc) is 2.81. The van der Waals surface area contributed by atoms with E-state index in [9.17, 15) is 14.7 Å². The van der Waals surface area contributed by atoms with E-state index < -0.39 is 5.97 Å². The number of ketones is 1. The van der Waals surface area contributed by atoms with Crippen LogP contribution in [0.5, 0.6) is 5.75 Å². The van der Waals surface area contributed by atoms with E-state index in [1.807, 2.05) is 42.5 Å². The van der Waals surface area contributed by atoms with Gasteiger partial charge in [0, 0.05) is 16.9 Å². The summed E-state index contributed by atoms with van der Waals surface area (Å²) in [7, 11) is 0. The van der Waals surface area contributed by atoms with Gasteiger partial charge in [-0.15, -0.1) is 0 Å². The molecule has 3 rings (SSSR count). The van der Waals surface area contributed by atoms with Crippen molar-refractivity contribution in [3.8, 4) is 5.75 Å². The second-order valence-electron chi connectivity index (χ2n) is 7.28. The molecular formula is C26H26N2O5. The fraction of sp³-hybridized carbons (Fsp3) is 0.154. The molecule has 0 bridgehead atoms. The fourth-order valence-electron chi connectivity index (χ4n) is 3.23. The third kappa shape index (κ3) is 6.95. The van der Waals surface area contributed by atoms with E-state index in [0.29, 0.717) is 54.5 Å². The highest BCUT2D eigenvalue weighted by atomic mass is 16.5. The zero-order valence-corrected chi connectivity index (χ0v) is 18.1. The summed E-state index contributed by atoms with van der Waals surface area (Å²) >= 11 is 0. The van der Waals surface area contributed by atoms with Crippen molar-refractivity contribution in [2.45, 2.75) is 6.42 Å². The maximum atomic E-state index is 12.1. The molecule has 7 nitrogen and oxygen atoms in total. The van der Waals surface area contributed by atoms with Crippen LogP contribution in [0.15, 0.2) is 72.8 Å². The summed E-state index contributed by atoms with van der Waals surface area (Å²) in [6.45, 7) is 0.978. The Labute approximate surface area is 192 Å². The van der Waals surface area contributed by atoms with Crippen LogP contribution in [0.2, 0.25) is 0 Å². The molecule has 0 spiro atoms. The van der Waals surface area contributed by atoms with Crippen LogP contribution >= 0.6 is 0 Å². The number of carbonyl (C=O) groups excluding carboxylic acids is 1. The fourth-order valence-corrected chi connectivity index (χ4v) is 3.23. The van der Waals surface area contributed by atoms with Gasteiger partial charge in [0.25, 0.3) is 0 Å². The Morgan fingerprint density at radius 3 is 2.33 bits per heavy atom. The van der Waals surface area contributed by atoms with E-state index in [-0.39, 0.29) is 11.3 Å². The first-order valence-electron chi connectivity index (χ1n) is 10.4. The minimum atomic E-state index is -1.07. The van der Waals surface area contributed by atoms with Crippen LogP contribution < -0.4 is 16.2 Å². The second kappa shape index (κ2) is 11.5. The molecule has 3 aromatic rings. The summed E-state index contributed by atoms with van der Waals surface area (Å²) in [5, 5.41) is 9.32. The Kier molecular flexibility index (Phi) is 8.21. The Morgan fingerprint density at radius 2 is 1.64 bits per heavy atom. The molecule has 0 saturated carbocycles. The summed E-state index contributed by atoms with van der Waals surface area (Å²) in [5.41, 5.74) is 14.4. The van der Waals surface area contributed by atoms with Gasteiger partial charge < -0.3 is 26.0 Å². The Balaban J connectivity index is 1.41. The van der Waals surface area contributed by atoms with Gasteiger partial charge in [-0.3, -0.25) is 4.79 Å². The summed E-state index contributed by atoms with van der Waals surface area (Å²) in [6, 6.07) is 19.4. The minimum absolute atomic E-state index is 0.0516. The number of aromatic carboxylic acids is 1. The van der Waals surface area contributed by atoms with E-state index >= 15 is 0 Å². The Bertz CT molecular complexity index is 1130. The molecule has 0 aromatic heterocycles. The SMILES string of the molecule is Nc1cc(N)c(CCOCCOc2ccc(C=CC(=O)c3ccccc3)cc2)c(C(=O)O)c1. The minimum Gasteiger partial charge on any atom is -0.491 e. The third-order valence-electron chi connectivity index (χ3n) is 4.90. The van der Waals surface area contributed by atoms with Crippen LogP contribution in [-0.4, -0.2) is 36.7 Å². The number of hydrogen-bond donors (Lipinski definition) is 3. The van der Waals surface area contributed by atoms with Crippen molar-refractivity contribution in [2.24, 2.45) is 0 Å². The topological polar surface area (TPSA) is 125 Å². The lowest BCUT2D eigenvalue weighted by Crippen LogP contribution is -2.12. The molecule has 0 fully saturated rings. The number of allylic oxidation sites excluding steroid dienone is 1. The molecule has 0 heterocycles. The Morgan fingerprint density at radius 1 is 0.909 bits per heavy atom. The maximum absolute atomic E-state index is 12.1. The highest BCUT2D eigenvalue weighted by Gasteiger charge is 2.14. The maximum Gasteiger partial charge on any atom is 0.336 e. The molecule has 170 valence electrons. The molecule has 5 N–H and O–H groups in total. The number of carboxylic acid groups (broad SMARTS) is 1. The lowest BCUT2D eigenvalue weighted by molar-refractivity contribution is 0.0693. The van der Waals surface area contributed by atoms with Crippen molar-refractivity contribution in [2.75, 3.05) is 31.3 Å². The molecule has 0 aliphatic carbocycles. The molecule has 0 radical (unpaired) electrons. The van der Waals surface area contributed by atoms with E-state index in [2.05, 4.69) is 0 Å². The zero-order valence-electron chi connectivity index (χ0n) is 18.1. The standard InChI is InChI=1S/C26H26N2O5/c27-20-16-23(26(30)31)22(24(28)17-20)12-13-32-14-15-33-21-9-6-18(7-10-21)8-11-25(29)19-4-2-1-3-5-19/h1-11,16-17H,12-15,27-28H2,(H,30,31). The number of carbonyl (C=O) groups is 2. The summed E-state index contributed by atoms with van der Waals surface area (Å²) in [6.07, 6.45) is 3.66. The first-order chi connectivity index (χ1) is 15.9. The van der Waals surface area contributed by atoms with Gasteiger partial charge in [-0.05, 0) is 47.9 Å². The molecule has 0 aliphatic heterocycles. The zero-order chi connectivity index (χ0) is 23.6. The van der Waals surface area contributed by atoms with Gasteiger partial charge in [0.15, 0.2) is 5.78 Å². The van der Waals surface area contributed by atoms with Gasteiger partial charge >= 0.3 is 5.97 Å². The molecule has 0 aliphatic rings. The van der Waals surface area contributed by atoms with Crippen LogP contribution in [0.4, 0.5) is 11.4 Å². The number of rotatable bonds is 11. The highest BCUT2D eigenvalue weighted by Crippen LogP contribution is 2.22. The molecule has 3 aromatic carbocycles. The number of nitrogen functional groups attached to an aromatic ring is 2. The first-order valence-corrected chi connectivity index (χ1v) is 10.4. The van der Waals surface area contributed by atoms with E-state index in [4.69, 9.17) is 20.9 Å². The van der Waals surface area contributed by atoms with Crippen molar-refractivity contribution in [1.82, 2.24) is 0 Å². The summed E-state index contributed by atoms with van der Waals surface area (Å²) in [4.78, 5) is 23.5. The van der Waals surface area contributed by atoms with Crippen molar-refractivity contribution in [1.29, 1.82) is 0 Å². The third-order valence-corrected chi connectivity index (χ3v) is 4.90. The van der Waals surface area contributed by atoms with Crippen LogP contribution in [-0.2, 0) is 11.2 Å². The smallest absolute Gasteiger partial charge is 0.336 e. The van der Waals surface area contributed by atoms with Gasteiger partial charge in [0.2, 0.25) is 0 Å².